The van der Waals surface area contributed by atoms with Crippen molar-refractivity contribution >= 4 is 11.8 Å². The normalized spacial score (nSPS) is 12.4. The largest absolute Gasteiger partial charge is 0.496 e. The summed E-state index contributed by atoms with van der Waals surface area (Å²) in [5.41, 5.74) is 1.21. The van der Waals surface area contributed by atoms with E-state index in [0.29, 0.717) is 0 Å². The van der Waals surface area contributed by atoms with Crippen LogP contribution in [0.3, 0.4) is 0 Å². The number of methoxy groups -OCH3 is 1. The number of hydrogen-bond donors (Lipinski definition) is 2. The quantitative estimate of drug-likeness (QED) is 0.562. The van der Waals surface area contributed by atoms with Crippen LogP contribution in [0.15, 0.2) is 23.1 Å². The van der Waals surface area contributed by atoms with Crippen molar-refractivity contribution in [1.82, 2.24) is 5.32 Å². The number of nitrogens with one attached hydrogen (secondary N) is 1. The van der Waals surface area contributed by atoms with Crippen LogP contribution in [0.1, 0.15) is 31.9 Å². The van der Waals surface area contributed by atoms with Gasteiger partial charge in [0.05, 0.1) is 7.11 Å². The lowest BCUT2D eigenvalue weighted by Gasteiger charge is -2.20. The van der Waals surface area contributed by atoms with Gasteiger partial charge in [-0.2, -0.15) is 0 Å². The maximum absolute atomic E-state index is 8.86. The van der Waals surface area contributed by atoms with Crippen LogP contribution in [0.25, 0.3) is 0 Å². The third-order valence-electron chi connectivity index (χ3n) is 2.75. The first-order chi connectivity index (χ1) is 8.74. The molecule has 18 heavy (non-hydrogen) atoms. The van der Waals surface area contributed by atoms with E-state index in [2.05, 4.69) is 25.2 Å². The highest BCUT2D eigenvalue weighted by atomic mass is 32.2. The lowest BCUT2D eigenvalue weighted by molar-refractivity contribution is 0.296. The molecule has 0 aliphatic heterocycles. The Labute approximate surface area is 114 Å². The molecule has 1 aromatic rings. The zero-order chi connectivity index (χ0) is 13.4. The van der Waals surface area contributed by atoms with E-state index in [9.17, 15) is 0 Å². The molecule has 1 rings (SSSR count). The van der Waals surface area contributed by atoms with Gasteiger partial charge in [-0.3, -0.25) is 0 Å². The van der Waals surface area contributed by atoms with Crippen LogP contribution in [0.5, 0.6) is 5.75 Å². The molecule has 1 atom stereocenters. The molecule has 3 nitrogen and oxygen atoms in total. The molecule has 0 amide bonds. The molecule has 0 fully saturated rings. The molecule has 0 aliphatic carbocycles. The Hall–Kier alpha value is -0.710. The SMILES string of the molecule is CCNC(C)c1c(OC)cccc1SCCCO. The van der Waals surface area contributed by atoms with Crippen molar-refractivity contribution in [3.63, 3.8) is 0 Å². The van der Waals surface area contributed by atoms with Gasteiger partial charge in [-0.15, -0.1) is 11.8 Å². The third-order valence-corrected chi connectivity index (χ3v) is 3.91. The van der Waals surface area contributed by atoms with E-state index in [1.54, 1.807) is 18.9 Å². The summed E-state index contributed by atoms with van der Waals surface area (Å²) in [6.07, 6.45) is 0.816. The monoisotopic (exact) mass is 269 g/mol. The lowest BCUT2D eigenvalue weighted by atomic mass is 10.1. The number of rotatable bonds is 8. The average Bonchev–Trinajstić information content (AvgIpc) is 2.39. The summed E-state index contributed by atoms with van der Waals surface area (Å²) < 4.78 is 5.46. The summed E-state index contributed by atoms with van der Waals surface area (Å²) in [6, 6.07) is 6.40. The molecule has 2 N–H and O–H groups in total. The van der Waals surface area contributed by atoms with E-state index in [1.807, 2.05) is 12.1 Å². The molecule has 0 saturated heterocycles. The zero-order valence-electron chi connectivity index (χ0n) is 11.4. The topological polar surface area (TPSA) is 41.5 Å². The van der Waals surface area contributed by atoms with Gasteiger partial charge in [0.2, 0.25) is 0 Å². The van der Waals surface area contributed by atoms with Crippen molar-refractivity contribution in [2.75, 3.05) is 26.0 Å². The molecular weight excluding hydrogens is 246 g/mol. The Bertz CT molecular complexity index is 358. The van der Waals surface area contributed by atoms with Gasteiger partial charge in [0.1, 0.15) is 5.75 Å². The van der Waals surface area contributed by atoms with Crippen molar-refractivity contribution in [3.8, 4) is 5.75 Å². The summed E-state index contributed by atoms with van der Waals surface area (Å²) in [5, 5.41) is 12.3. The molecule has 0 spiro atoms. The second-order valence-electron chi connectivity index (χ2n) is 4.08. The molecule has 102 valence electrons. The summed E-state index contributed by atoms with van der Waals surface area (Å²) in [7, 11) is 1.71. The fourth-order valence-corrected chi connectivity index (χ4v) is 3.01. The maximum atomic E-state index is 8.86. The highest BCUT2D eigenvalue weighted by Gasteiger charge is 2.15. The van der Waals surface area contributed by atoms with Gasteiger partial charge in [0.15, 0.2) is 0 Å². The fourth-order valence-electron chi connectivity index (χ4n) is 1.91. The average molecular weight is 269 g/mol. The zero-order valence-corrected chi connectivity index (χ0v) is 12.2. The van der Waals surface area contributed by atoms with Gasteiger partial charge in [0.25, 0.3) is 0 Å². The van der Waals surface area contributed by atoms with Crippen molar-refractivity contribution in [2.24, 2.45) is 0 Å². The molecule has 0 heterocycles. The molecule has 0 radical (unpaired) electrons. The predicted molar refractivity (Wildman–Crippen MR) is 77.5 cm³/mol. The van der Waals surface area contributed by atoms with Crippen LogP contribution >= 0.6 is 11.8 Å². The Balaban J connectivity index is 2.92. The Morgan fingerprint density at radius 3 is 2.83 bits per heavy atom. The molecular formula is C14H23NO2S. The summed E-state index contributed by atoms with van der Waals surface area (Å²) >= 11 is 1.78. The smallest absolute Gasteiger partial charge is 0.124 e. The minimum Gasteiger partial charge on any atom is -0.496 e. The molecule has 0 bridgehead atoms. The van der Waals surface area contributed by atoms with Crippen LogP contribution in [-0.4, -0.2) is 31.1 Å². The Morgan fingerprint density at radius 2 is 2.22 bits per heavy atom. The van der Waals surface area contributed by atoms with Gasteiger partial charge in [-0.1, -0.05) is 13.0 Å². The highest BCUT2D eigenvalue weighted by Crippen LogP contribution is 2.34. The van der Waals surface area contributed by atoms with Crippen molar-refractivity contribution in [1.29, 1.82) is 0 Å². The molecule has 0 aliphatic rings. The van der Waals surface area contributed by atoms with Crippen molar-refractivity contribution < 1.29 is 9.84 Å². The van der Waals surface area contributed by atoms with E-state index in [0.717, 1.165) is 24.5 Å². The Morgan fingerprint density at radius 1 is 1.44 bits per heavy atom. The fraction of sp³-hybridized carbons (Fsp3) is 0.571. The van der Waals surface area contributed by atoms with Gasteiger partial charge in [0, 0.05) is 28.9 Å². The van der Waals surface area contributed by atoms with E-state index in [1.165, 1.54) is 10.5 Å². The predicted octanol–water partition coefficient (Wildman–Crippen LogP) is 2.84. The molecule has 0 aromatic heterocycles. The standard InChI is InChI=1S/C14H23NO2S/c1-4-15-11(2)14-12(17-3)7-5-8-13(14)18-10-6-9-16/h5,7-8,11,15-16H,4,6,9-10H2,1-3H3. The van der Waals surface area contributed by atoms with Crippen LogP contribution in [-0.2, 0) is 0 Å². The van der Waals surface area contributed by atoms with Gasteiger partial charge in [-0.25, -0.2) is 0 Å². The summed E-state index contributed by atoms with van der Waals surface area (Å²) in [6.45, 7) is 5.43. The number of aliphatic hydroxyl groups excluding tert-OH is 1. The molecule has 1 unspecified atom stereocenters. The van der Waals surface area contributed by atoms with Crippen LogP contribution in [0.4, 0.5) is 0 Å². The summed E-state index contributed by atoms with van der Waals surface area (Å²) in [4.78, 5) is 1.23. The highest BCUT2D eigenvalue weighted by molar-refractivity contribution is 7.99. The van der Waals surface area contributed by atoms with Crippen LogP contribution in [0.2, 0.25) is 0 Å². The van der Waals surface area contributed by atoms with Crippen molar-refractivity contribution in [3.05, 3.63) is 23.8 Å². The van der Waals surface area contributed by atoms with Gasteiger partial charge < -0.3 is 15.2 Å². The minimum absolute atomic E-state index is 0.245. The summed E-state index contributed by atoms with van der Waals surface area (Å²) in [5.74, 6) is 1.85. The van der Waals surface area contributed by atoms with Gasteiger partial charge in [-0.05, 0) is 32.0 Å². The molecule has 1 aromatic carbocycles. The van der Waals surface area contributed by atoms with E-state index in [4.69, 9.17) is 9.84 Å². The lowest BCUT2D eigenvalue weighted by Crippen LogP contribution is -2.19. The second kappa shape index (κ2) is 8.40. The first-order valence-electron chi connectivity index (χ1n) is 6.38. The second-order valence-corrected chi connectivity index (χ2v) is 5.21. The number of benzene rings is 1. The van der Waals surface area contributed by atoms with E-state index in [-0.39, 0.29) is 12.6 Å². The molecule has 4 heteroatoms. The molecule has 0 saturated carbocycles. The van der Waals surface area contributed by atoms with Crippen LogP contribution < -0.4 is 10.1 Å². The Kier molecular flexibility index (Phi) is 7.16. The van der Waals surface area contributed by atoms with E-state index >= 15 is 0 Å². The number of ether oxygens (including phenoxy) is 1. The van der Waals surface area contributed by atoms with E-state index < -0.39 is 0 Å². The van der Waals surface area contributed by atoms with Crippen molar-refractivity contribution in [2.45, 2.75) is 31.2 Å². The first kappa shape index (κ1) is 15.3. The minimum atomic E-state index is 0.245. The first-order valence-corrected chi connectivity index (χ1v) is 7.37. The third kappa shape index (κ3) is 4.19. The number of aliphatic hydroxyl groups is 1. The number of hydrogen-bond acceptors (Lipinski definition) is 4. The number of thioether (sulfide) groups is 1. The van der Waals surface area contributed by atoms with Gasteiger partial charge >= 0.3 is 0 Å². The van der Waals surface area contributed by atoms with Crippen LogP contribution in [0, 0.1) is 0 Å². The maximum Gasteiger partial charge on any atom is 0.124 e.